The molecule has 1 aromatic carbocycles. The van der Waals surface area contributed by atoms with Crippen LogP contribution >= 0.6 is 15.9 Å². The number of hydrogen-bond donors (Lipinski definition) is 2. The molecule has 2 N–H and O–H groups in total. The molecule has 5 nitrogen and oxygen atoms in total. The van der Waals surface area contributed by atoms with Crippen LogP contribution < -0.4 is 15.6 Å². The van der Waals surface area contributed by atoms with Crippen LogP contribution in [0.2, 0.25) is 0 Å². The largest absolute Gasteiger partial charge is 0.493 e. The number of ether oxygens (including phenoxy) is 1. The van der Waals surface area contributed by atoms with Gasteiger partial charge >= 0.3 is 0 Å². The van der Waals surface area contributed by atoms with E-state index >= 15 is 0 Å². The Kier molecular flexibility index (Phi) is 7.08. The first-order chi connectivity index (χ1) is 9.58. The zero-order valence-corrected chi connectivity index (χ0v) is 13.2. The fourth-order valence-electron chi connectivity index (χ4n) is 1.50. The molecule has 0 spiro atoms. The Morgan fingerprint density at radius 2 is 1.95 bits per heavy atom. The molecule has 0 aromatic heterocycles. The van der Waals surface area contributed by atoms with E-state index in [1.165, 1.54) is 0 Å². The van der Waals surface area contributed by atoms with Gasteiger partial charge in [-0.1, -0.05) is 29.8 Å². The second-order valence-electron chi connectivity index (χ2n) is 4.24. The maximum absolute atomic E-state index is 12.1. The van der Waals surface area contributed by atoms with E-state index < -0.39 is 5.91 Å². The Morgan fingerprint density at radius 1 is 1.20 bits per heavy atom. The molecule has 20 heavy (non-hydrogen) atoms. The molecule has 0 aliphatic rings. The zero-order valence-electron chi connectivity index (χ0n) is 11.7. The van der Waals surface area contributed by atoms with Gasteiger partial charge in [-0.25, -0.2) is 0 Å². The molecule has 0 bridgehead atoms. The molecule has 0 saturated carbocycles. The molecule has 0 atom stereocenters. The van der Waals surface area contributed by atoms with E-state index in [1.807, 2.05) is 13.8 Å². The number of amides is 2. The van der Waals surface area contributed by atoms with Crippen LogP contribution in [-0.4, -0.2) is 18.4 Å². The summed E-state index contributed by atoms with van der Waals surface area (Å²) in [7, 11) is 0. The molecule has 1 rings (SSSR count). The molecular weight excluding hydrogens is 324 g/mol. The number of nitrogens with one attached hydrogen (secondary N) is 2. The Balaban J connectivity index is 2.74. The predicted octanol–water partition coefficient (Wildman–Crippen LogP) is 2.80. The molecule has 0 radical (unpaired) electrons. The summed E-state index contributed by atoms with van der Waals surface area (Å²) in [5.74, 6) is -0.119. The summed E-state index contributed by atoms with van der Waals surface area (Å²) in [5, 5.41) is 0. The summed E-state index contributed by atoms with van der Waals surface area (Å²) < 4.78 is 6.29. The number of benzene rings is 1. The van der Waals surface area contributed by atoms with Crippen LogP contribution in [-0.2, 0) is 4.79 Å². The number of hydrogen-bond acceptors (Lipinski definition) is 3. The van der Waals surface area contributed by atoms with Crippen LogP contribution in [0.15, 0.2) is 22.7 Å². The molecule has 0 aliphatic heterocycles. The summed E-state index contributed by atoms with van der Waals surface area (Å²) in [4.78, 5) is 23.4. The second kappa shape index (κ2) is 8.58. The first-order valence-electron chi connectivity index (χ1n) is 6.60. The van der Waals surface area contributed by atoms with Crippen molar-refractivity contribution in [3.8, 4) is 5.75 Å². The number of halogens is 1. The molecule has 0 unspecified atom stereocenters. The van der Waals surface area contributed by atoms with E-state index in [9.17, 15) is 9.59 Å². The maximum Gasteiger partial charge on any atom is 0.273 e. The highest BCUT2D eigenvalue weighted by Gasteiger charge is 2.14. The lowest BCUT2D eigenvalue weighted by Gasteiger charge is -2.12. The van der Waals surface area contributed by atoms with E-state index in [0.29, 0.717) is 24.3 Å². The van der Waals surface area contributed by atoms with E-state index in [4.69, 9.17) is 4.74 Å². The predicted molar refractivity (Wildman–Crippen MR) is 80.4 cm³/mol. The zero-order chi connectivity index (χ0) is 15.0. The van der Waals surface area contributed by atoms with Gasteiger partial charge in [-0.15, -0.1) is 0 Å². The van der Waals surface area contributed by atoms with E-state index in [2.05, 4.69) is 26.8 Å². The average Bonchev–Trinajstić information content (AvgIpc) is 2.43. The minimum atomic E-state index is -0.401. The highest BCUT2D eigenvalue weighted by Crippen LogP contribution is 2.23. The second-order valence-corrected chi connectivity index (χ2v) is 5.16. The summed E-state index contributed by atoms with van der Waals surface area (Å²) in [5.41, 5.74) is 5.14. The topological polar surface area (TPSA) is 67.4 Å². The monoisotopic (exact) mass is 342 g/mol. The molecule has 1 aromatic rings. The summed E-state index contributed by atoms with van der Waals surface area (Å²) in [6, 6.07) is 5.19. The van der Waals surface area contributed by atoms with Crippen LogP contribution in [0.4, 0.5) is 0 Å². The van der Waals surface area contributed by atoms with Gasteiger partial charge in [-0.05, 0) is 31.0 Å². The van der Waals surface area contributed by atoms with Gasteiger partial charge in [-0.2, -0.15) is 0 Å². The highest BCUT2D eigenvalue weighted by molar-refractivity contribution is 9.10. The van der Waals surface area contributed by atoms with Gasteiger partial charge in [0.25, 0.3) is 5.91 Å². The third-order valence-corrected chi connectivity index (χ3v) is 2.93. The normalized spacial score (nSPS) is 9.95. The number of hydrazine groups is 1. The lowest BCUT2D eigenvalue weighted by Crippen LogP contribution is -2.41. The fourth-order valence-corrected chi connectivity index (χ4v) is 1.86. The van der Waals surface area contributed by atoms with Crippen molar-refractivity contribution in [1.29, 1.82) is 0 Å². The summed E-state index contributed by atoms with van der Waals surface area (Å²) >= 11 is 3.31. The molecule has 0 aliphatic carbocycles. The number of carbonyl (C=O) groups excluding carboxylic acids is 2. The van der Waals surface area contributed by atoms with Crippen molar-refractivity contribution in [1.82, 2.24) is 10.9 Å². The van der Waals surface area contributed by atoms with E-state index in [0.717, 1.165) is 17.3 Å². The van der Waals surface area contributed by atoms with Gasteiger partial charge in [0.1, 0.15) is 5.75 Å². The van der Waals surface area contributed by atoms with Crippen LogP contribution in [0.25, 0.3) is 0 Å². The lowest BCUT2D eigenvalue weighted by atomic mass is 10.2. The average molecular weight is 343 g/mol. The van der Waals surface area contributed by atoms with Crippen molar-refractivity contribution in [3.05, 3.63) is 28.2 Å². The van der Waals surface area contributed by atoms with Crippen LogP contribution in [0.5, 0.6) is 5.75 Å². The highest BCUT2D eigenvalue weighted by atomic mass is 79.9. The van der Waals surface area contributed by atoms with Crippen molar-refractivity contribution < 1.29 is 14.3 Å². The molecule has 2 amide bonds. The van der Waals surface area contributed by atoms with Gasteiger partial charge < -0.3 is 4.74 Å². The van der Waals surface area contributed by atoms with Crippen LogP contribution in [0.3, 0.4) is 0 Å². The molecule has 0 saturated heterocycles. The Morgan fingerprint density at radius 3 is 2.60 bits per heavy atom. The Hall–Kier alpha value is -1.56. The van der Waals surface area contributed by atoms with Crippen molar-refractivity contribution in [2.45, 2.75) is 33.1 Å². The minimum absolute atomic E-state index is 0.216. The summed E-state index contributed by atoms with van der Waals surface area (Å²) in [6.07, 6.45) is 1.95. The molecule has 0 heterocycles. The maximum atomic E-state index is 12.1. The number of rotatable bonds is 6. The molecule has 6 heteroatoms. The van der Waals surface area contributed by atoms with Crippen LogP contribution in [0.1, 0.15) is 43.5 Å². The van der Waals surface area contributed by atoms with Crippen molar-refractivity contribution in [2.24, 2.45) is 0 Å². The molecular formula is C14H19BrN2O3. The van der Waals surface area contributed by atoms with Gasteiger partial charge in [0.15, 0.2) is 0 Å². The Bertz CT molecular complexity index is 477. The van der Waals surface area contributed by atoms with Crippen molar-refractivity contribution in [2.75, 3.05) is 6.61 Å². The quantitative estimate of drug-likeness (QED) is 0.781. The van der Waals surface area contributed by atoms with Crippen molar-refractivity contribution in [3.63, 3.8) is 0 Å². The van der Waals surface area contributed by atoms with E-state index in [1.54, 1.807) is 18.2 Å². The first kappa shape index (κ1) is 16.5. The minimum Gasteiger partial charge on any atom is -0.493 e. The third kappa shape index (κ3) is 5.21. The third-order valence-electron chi connectivity index (χ3n) is 2.44. The van der Waals surface area contributed by atoms with Crippen LogP contribution in [0, 0.1) is 0 Å². The number of carbonyl (C=O) groups is 2. The van der Waals surface area contributed by atoms with E-state index in [-0.39, 0.29) is 5.91 Å². The van der Waals surface area contributed by atoms with Gasteiger partial charge in [0, 0.05) is 10.9 Å². The smallest absolute Gasteiger partial charge is 0.273 e. The summed E-state index contributed by atoms with van der Waals surface area (Å²) in [6.45, 7) is 4.42. The standard InChI is InChI=1S/C14H19BrN2O3/c1-3-5-13(18)16-17-14(19)11-9-10(15)6-7-12(11)20-8-4-2/h6-7,9H,3-5,8H2,1-2H3,(H,16,18)(H,17,19). The Labute approximate surface area is 127 Å². The molecule has 0 fully saturated rings. The lowest BCUT2D eigenvalue weighted by molar-refractivity contribution is -0.121. The van der Waals surface area contributed by atoms with Gasteiger partial charge in [0.2, 0.25) is 5.91 Å². The molecule has 110 valence electrons. The van der Waals surface area contributed by atoms with Gasteiger partial charge in [0.05, 0.1) is 12.2 Å². The SMILES string of the molecule is CCCOc1ccc(Br)cc1C(=O)NNC(=O)CCC. The van der Waals surface area contributed by atoms with Crippen molar-refractivity contribution >= 4 is 27.7 Å². The van der Waals surface area contributed by atoms with Gasteiger partial charge in [-0.3, -0.25) is 20.4 Å². The first-order valence-corrected chi connectivity index (χ1v) is 7.39. The fraction of sp³-hybridized carbons (Fsp3) is 0.429.